The molecule has 7 heteroatoms. The van der Waals surface area contributed by atoms with Gasteiger partial charge in [0.15, 0.2) is 0 Å². The highest BCUT2D eigenvalue weighted by atomic mass is 35.5. The third-order valence-corrected chi connectivity index (χ3v) is 4.25. The van der Waals surface area contributed by atoms with E-state index in [1.165, 1.54) is 11.3 Å². The number of halogens is 5. The van der Waals surface area contributed by atoms with E-state index in [1.54, 1.807) is 18.5 Å². The summed E-state index contributed by atoms with van der Waals surface area (Å²) in [5, 5.41) is 4.90. The van der Waals surface area contributed by atoms with Crippen LogP contribution in [0.5, 0.6) is 0 Å². The predicted molar refractivity (Wildman–Crippen MR) is 71.6 cm³/mol. The number of rotatable bonds is 3. The zero-order valence-electron chi connectivity index (χ0n) is 10.3. The second kappa shape index (κ2) is 5.71. The summed E-state index contributed by atoms with van der Waals surface area (Å²) < 4.78 is 52.0. The van der Waals surface area contributed by atoms with Gasteiger partial charge in [0.05, 0.1) is 16.6 Å². The van der Waals surface area contributed by atoms with Crippen molar-refractivity contribution in [1.82, 2.24) is 5.32 Å². The van der Waals surface area contributed by atoms with E-state index in [2.05, 4.69) is 5.32 Å². The normalized spacial score (nSPS) is 13.5. The lowest BCUT2D eigenvalue weighted by Gasteiger charge is -2.18. The molecular weight excluding hydrogens is 314 g/mol. The van der Waals surface area contributed by atoms with E-state index < -0.39 is 23.6 Å². The van der Waals surface area contributed by atoms with E-state index in [1.807, 2.05) is 0 Å². The van der Waals surface area contributed by atoms with Crippen molar-refractivity contribution < 1.29 is 17.6 Å². The van der Waals surface area contributed by atoms with Crippen LogP contribution < -0.4 is 5.32 Å². The third-order valence-electron chi connectivity index (χ3n) is 2.83. The maximum atomic E-state index is 13.9. The molecule has 1 aromatic heterocycles. The van der Waals surface area contributed by atoms with Crippen molar-refractivity contribution in [2.45, 2.75) is 12.2 Å². The van der Waals surface area contributed by atoms with E-state index in [-0.39, 0.29) is 5.56 Å². The Labute approximate surface area is 122 Å². The number of hydrogen-bond acceptors (Lipinski definition) is 2. The zero-order valence-corrected chi connectivity index (χ0v) is 11.8. The lowest BCUT2D eigenvalue weighted by atomic mass is 10.0. The topological polar surface area (TPSA) is 12.0 Å². The van der Waals surface area contributed by atoms with E-state index in [9.17, 15) is 17.6 Å². The number of benzene rings is 1. The molecule has 20 heavy (non-hydrogen) atoms. The van der Waals surface area contributed by atoms with Crippen molar-refractivity contribution in [2.75, 3.05) is 7.05 Å². The molecule has 0 saturated carbocycles. The largest absolute Gasteiger partial charge is 0.416 e. The van der Waals surface area contributed by atoms with Gasteiger partial charge in [-0.15, -0.1) is 11.3 Å². The standard InChI is InChI=1S/C13H10ClF4NS/c1-19-11(12-9(14)4-5-20-12)8-6-7(13(16,17)18)2-3-10(8)15/h2-6,11,19H,1H3. The first-order valence-corrected chi connectivity index (χ1v) is 6.87. The van der Waals surface area contributed by atoms with Crippen molar-refractivity contribution >= 4 is 22.9 Å². The van der Waals surface area contributed by atoms with Crippen molar-refractivity contribution in [3.63, 3.8) is 0 Å². The van der Waals surface area contributed by atoms with Crippen LogP contribution in [0.1, 0.15) is 22.0 Å². The Hall–Kier alpha value is -1.11. The molecular formula is C13H10ClF4NS. The van der Waals surface area contributed by atoms with Gasteiger partial charge < -0.3 is 5.32 Å². The highest BCUT2D eigenvalue weighted by Gasteiger charge is 2.32. The molecule has 0 fully saturated rings. The lowest BCUT2D eigenvalue weighted by Crippen LogP contribution is -2.19. The Kier molecular flexibility index (Phi) is 4.36. The summed E-state index contributed by atoms with van der Waals surface area (Å²) in [6.07, 6.45) is -4.51. The Morgan fingerprint density at radius 3 is 2.45 bits per heavy atom. The molecule has 0 saturated heterocycles. The molecule has 1 heterocycles. The number of hydrogen-bond donors (Lipinski definition) is 1. The minimum Gasteiger partial charge on any atom is -0.309 e. The molecule has 0 bridgehead atoms. The van der Waals surface area contributed by atoms with Gasteiger partial charge in [-0.1, -0.05) is 11.6 Å². The molecule has 0 aliphatic heterocycles. The summed E-state index contributed by atoms with van der Waals surface area (Å²) in [6, 6.07) is 3.26. The number of thiophene rings is 1. The Morgan fingerprint density at radius 1 is 1.25 bits per heavy atom. The Morgan fingerprint density at radius 2 is 1.95 bits per heavy atom. The van der Waals surface area contributed by atoms with E-state index >= 15 is 0 Å². The van der Waals surface area contributed by atoms with Crippen LogP contribution in [0, 0.1) is 5.82 Å². The van der Waals surface area contributed by atoms with Gasteiger partial charge in [-0.2, -0.15) is 13.2 Å². The predicted octanol–water partition coefficient (Wildman–Crippen LogP) is 4.87. The van der Waals surface area contributed by atoms with Gasteiger partial charge in [0.2, 0.25) is 0 Å². The lowest BCUT2D eigenvalue weighted by molar-refractivity contribution is -0.137. The van der Waals surface area contributed by atoms with Crippen LogP contribution in [0.3, 0.4) is 0 Å². The minimum atomic E-state index is -4.51. The first-order chi connectivity index (χ1) is 9.34. The molecule has 1 nitrogen and oxygen atoms in total. The quantitative estimate of drug-likeness (QED) is 0.795. The van der Waals surface area contributed by atoms with Crippen LogP contribution in [-0.2, 0) is 6.18 Å². The summed E-state index contributed by atoms with van der Waals surface area (Å²) in [4.78, 5) is 0.576. The van der Waals surface area contributed by atoms with Crippen molar-refractivity contribution in [2.24, 2.45) is 0 Å². The Balaban J connectivity index is 2.52. The van der Waals surface area contributed by atoms with Crippen LogP contribution in [-0.4, -0.2) is 7.05 Å². The monoisotopic (exact) mass is 323 g/mol. The highest BCUT2D eigenvalue weighted by Crippen LogP contribution is 2.37. The SMILES string of the molecule is CNC(c1cc(C(F)(F)F)ccc1F)c1sccc1Cl. The molecule has 0 aliphatic carbocycles. The molecule has 2 rings (SSSR count). The van der Waals surface area contributed by atoms with Crippen molar-refractivity contribution in [3.8, 4) is 0 Å². The van der Waals surface area contributed by atoms with Crippen molar-refractivity contribution in [3.05, 3.63) is 56.5 Å². The number of nitrogens with one attached hydrogen (secondary N) is 1. The highest BCUT2D eigenvalue weighted by molar-refractivity contribution is 7.10. The minimum absolute atomic E-state index is 0.0772. The zero-order chi connectivity index (χ0) is 14.9. The maximum Gasteiger partial charge on any atom is 0.416 e. The van der Waals surface area contributed by atoms with E-state index in [4.69, 9.17) is 11.6 Å². The molecule has 108 valence electrons. The van der Waals surface area contributed by atoms with Gasteiger partial charge in [0, 0.05) is 10.4 Å². The fraction of sp³-hybridized carbons (Fsp3) is 0.231. The van der Waals surface area contributed by atoms with Crippen LogP contribution in [0.25, 0.3) is 0 Å². The van der Waals surface area contributed by atoms with E-state index in [0.717, 1.165) is 18.2 Å². The fourth-order valence-electron chi connectivity index (χ4n) is 1.88. The molecule has 0 radical (unpaired) electrons. The third kappa shape index (κ3) is 2.97. The fourth-order valence-corrected chi connectivity index (χ4v) is 3.17. The molecule has 1 unspecified atom stereocenters. The summed E-state index contributed by atoms with van der Waals surface area (Å²) in [6.45, 7) is 0. The van der Waals surface area contributed by atoms with Gasteiger partial charge in [-0.3, -0.25) is 0 Å². The number of alkyl halides is 3. The molecule has 1 N–H and O–H groups in total. The first kappa shape index (κ1) is 15.3. The van der Waals surface area contributed by atoms with Crippen molar-refractivity contribution in [1.29, 1.82) is 0 Å². The average Bonchev–Trinajstić information content (AvgIpc) is 2.78. The van der Waals surface area contributed by atoms with Gasteiger partial charge in [0.1, 0.15) is 5.82 Å². The van der Waals surface area contributed by atoms with Crippen LogP contribution in [0.15, 0.2) is 29.6 Å². The van der Waals surface area contributed by atoms with Gasteiger partial charge in [-0.05, 0) is 36.7 Å². The first-order valence-electron chi connectivity index (χ1n) is 5.61. The molecule has 1 atom stereocenters. The van der Waals surface area contributed by atoms with Crippen LogP contribution >= 0.6 is 22.9 Å². The molecule has 0 aliphatic rings. The van der Waals surface area contributed by atoms with Crippen LogP contribution in [0.2, 0.25) is 5.02 Å². The molecule has 2 aromatic rings. The Bertz CT molecular complexity index is 609. The van der Waals surface area contributed by atoms with Gasteiger partial charge in [-0.25, -0.2) is 4.39 Å². The summed E-state index contributed by atoms with van der Waals surface area (Å²) in [5.41, 5.74) is -0.964. The average molecular weight is 324 g/mol. The molecule has 1 aromatic carbocycles. The van der Waals surface area contributed by atoms with Gasteiger partial charge >= 0.3 is 6.18 Å². The molecule has 0 amide bonds. The van der Waals surface area contributed by atoms with E-state index in [0.29, 0.717) is 9.90 Å². The smallest absolute Gasteiger partial charge is 0.309 e. The summed E-state index contributed by atoms with van der Waals surface area (Å²) >= 11 is 7.23. The second-order valence-electron chi connectivity index (χ2n) is 4.09. The maximum absolute atomic E-state index is 13.9. The molecule has 0 spiro atoms. The van der Waals surface area contributed by atoms with Gasteiger partial charge in [0.25, 0.3) is 0 Å². The summed E-state index contributed by atoms with van der Waals surface area (Å²) in [7, 11) is 1.54. The summed E-state index contributed by atoms with van der Waals surface area (Å²) in [5.74, 6) is -0.707. The second-order valence-corrected chi connectivity index (χ2v) is 5.44. The van der Waals surface area contributed by atoms with Crippen LogP contribution in [0.4, 0.5) is 17.6 Å².